The second-order valence-corrected chi connectivity index (χ2v) is 6.60. The molecule has 2 N–H and O–H groups in total. The largest absolute Gasteiger partial charge is 0.328 e. The average molecular weight is 253 g/mol. The van der Waals surface area contributed by atoms with Crippen LogP contribution in [0.2, 0.25) is 0 Å². The summed E-state index contributed by atoms with van der Waals surface area (Å²) in [6.45, 7) is 8.08. The van der Waals surface area contributed by atoms with Crippen LogP contribution in [0.1, 0.15) is 43.9 Å². The lowest BCUT2D eigenvalue weighted by atomic mass is 10.0. The van der Waals surface area contributed by atoms with Gasteiger partial charge < -0.3 is 10.6 Å². The summed E-state index contributed by atoms with van der Waals surface area (Å²) >= 11 is 1.60. The van der Waals surface area contributed by atoms with Crippen molar-refractivity contribution in [2.24, 2.45) is 5.73 Å². The van der Waals surface area contributed by atoms with E-state index in [4.69, 9.17) is 5.73 Å². The number of nitrogens with two attached hydrogens (primary N) is 1. The predicted molar refractivity (Wildman–Crippen MR) is 68.8 cm³/mol. The van der Waals surface area contributed by atoms with E-state index in [1.807, 2.05) is 38.0 Å². The number of carbonyl (C=O) groups is 1. The van der Waals surface area contributed by atoms with Crippen LogP contribution in [0.4, 0.5) is 0 Å². The third-order valence-corrected chi connectivity index (χ3v) is 3.82. The molecule has 1 fully saturated rings. The third kappa shape index (κ3) is 2.21. The van der Waals surface area contributed by atoms with Crippen LogP contribution in [-0.2, 0) is 4.79 Å². The summed E-state index contributed by atoms with van der Waals surface area (Å²) < 4.78 is 0. The van der Waals surface area contributed by atoms with Crippen molar-refractivity contribution in [1.82, 2.24) is 9.88 Å². The zero-order valence-electron chi connectivity index (χ0n) is 10.7. The highest BCUT2D eigenvalue weighted by Crippen LogP contribution is 2.37. The highest BCUT2D eigenvalue weighted by Gasteiger charge is 2.44. The van der Waals surface area contributed by atoms with Gasteiger partial charge in [-0.2, -0.15) is 0 Å². The fourth-order valence-electron chi connectivity index (χ4n) is 2.42. The first-order valence-corrected chi connectivity index (χ1v) is 6.68. The van der Waals surface area contributed by atoms with Crippen LogP contribution in [0.15, 0.2) is 5.38 Å². The van der Waals surface area contributed by atoms with Crippen molar-refractivity contribution >= 4 is 17.2 Å². The molecule has 0 saturated carbocycles. The monoisotopic (exact) mass is 253 g/mol. The highest BCUT2D eigenvalue weighted by atomic mass is 32.1. The van der Waals surface area contributed by atoms with Crippen molar-refractivity contribution in [3.8, 4) is 0 Å². The Morgan fingerprint density at radius 2 is 2.18 bits per heavy atom. The molecule has 1 aliphatic rings. The molecule has 2 rings (SSSR count). The number of aromatic nitrogens is 1. The number of nitrogens with zero attached hydrogens (tertiary/aromatic N) is 2. The maximum Gasteiger partial charge on any atom is 0.225 e. The van der Waals surface area contributed by atoms with E-state index < -0.39 is 0 Å². The SMILES string of the molecule is Cc1nc(C2C(N)CC(=O)N2C(C)(C)C)cs1. The number of rotatable bonds is 1. The number of carbonyl (C=O) groups excluding carboxylic acids is 1. The standard InChI is InChI=1S/C12H19N3OS/c1-7-14-9(6-17-7)11-8(13)5-10(16)15(11)12(2,3)4/h6,8,11H,5,13H2,1-4H3. The molecule has 0 radical (unpaired) electrons. The topological polar surface area (TPSA) is 59.2 Å². The van der Waals surface area contributed by atoms with E-state index in [1.54, 1.807) is 11.3 Å². The molecule has 94 valence electrons. The second-order valence-electron chi connectivity index (χ2n) is 5.54. The smallest absolute Gasteiger partial charge is 0.225 e. The maximum atomic E-state index is 12.0. The first kappa shape index (κ1) is 12.5. The number of thiazole rings is 1. The van der Waals surface area contributed by atoms with E-state index in [9.17, 15) is 4.79 Å². The summed E-state index contributed by atoms with van der Waals surface area (Å²) in [6.07, 6.45) is 0.415. The summed E-state index contributed by atoms with van der Waals surface area (Å²) in [7, 11) is 0. The summed E-state index contributed by atoms with van der Waals surface area (Å²) in [5.41, 5.74) is 6.82. The zero-order chi connectivity index (χ0) is 12.8. The molecule has 2 atom stereocenters. The molecule has 1 aromatic rings. The Labute approximate surface area is 106 Å². The Morgan fingerprint density at radius 3 is 2.65 bits per heavy atom. The van der Waals surface area contributed by atoms with Crippen LogP contribution in [0.25, 0.3) is 0 Å². The van der Waals surface area contributed by atoms with Gasteiger partial charge in [-0.05, 0) is 27.7 Å². The van der Waals surface area contributed by atoms with Gasteiger partial charge in [0, 0.05) is 23.4 Å². The van der Waals surface area contributed by atoms with Gasteiger partial charge >= 0.3 is 0 Å². The molecular weight excluding hydrogens is 234 g/mol. The van der Waals surface area contributed by atoms with E-state index in [2.05, 4.69) is 4.98 Å². The number of aryl methyl sites for hydroxylation is 1. The van der Waals surface area contributed by atoms with E-state index in [0.29, 0.717) is 6.42 Å². The summed E-state index contributed by atoms with van der Waals surface area (Å²) in [4.78, 5) is 18.4. The average Bonchev–Trinajstić information content (AvgIpc) is 2.68. The summed E-state index contributed by atoms with van der Waals surface area (Å²) in [5, 5.41) is 3.03. The van der Waals surface area contributed by atoms with Gasteiger partial charge in [-0.3, -0.25) is 4.79 Å². The third-order valence-electron chi connectivity index (χ3n) is 3.03. The van der Waals surface area contributed by atoms with Gasteiger partial charge in [-0.15, -0.1) is 11.3 Å². The van der Waals surface area contributed by atoms with Crippen molar-refractivity contribution in [1.29, 1.82) is 0 Å². The fraction of sp³-hybridized carbons (Fsp3) is 0.667. The molecule has 0 aliphatic carbocycles. The molecule has 0 bridgehead atoms. The minimum Gasteiger partial charge on any atom is -0.328 e. The van der Waals surface area contributed by atoms with E-state index in [-0.39, 0.29) is 23.5 Å². The van der Waals surface area contributed by atoms with Gasteiger partial charge in [0.25, 0.3) is 0 Å². The lowest BCUT2D eigenvalue weighted by Gasteiger charge is -2.37. The van der Waals surface area contributed by atoms with Crippen LogP contribution in [-0.4, -0.2) is 27.4 Å². The van der Waals surface area contributed by atoms with Crippen LogP contribution in [0.3, 0.4) is 0 Å². The number of likely N-dealkylation sites (tertiary alicyclic amines) is 1. The van der Waals surface area contributed by atoms with Crippen LogP contribution < -0.4 is 5.73 Å². The molecule has 5 heteroatoms. The molecule has 2 heterocycles. The normalized spacial score (nSPS) is 25.7. The molecule has 0 spiro atoms. The Morgan fingerprint density at radius 1 is 1.53 bits per heavy atom. The highest BCUT2D eigenvalue weighted by molar-refractivity contribution is 7.09. The number of hydrogen-bond acceptors (Lipinski definition) is 4. The minimum absolute atomic E-state index is 0.0764. The molecule has 1 amide bonds. The Bertz CT molecular complexity index is 435. The van der Waals surface area contributed by atoms with Crippen LogP contribution >= 0.6 is 11.3 Å². The molecule has 17 heavy (non-hydrogen) atoms. The fourth-order valence-corrected chi connectivity index (χ4v) is 3.06. The maximum absolute atomic E-state index is 12.0. The first-order chi connectivity index (χ1) is 7.80. The van der Waals surface area contributed by atoms with Gasteiger partial charge in [0.2, 0.25) is 5.91 Å². The lowest BCUT2D eigenvalue weighted by Crippen LogP contribution is -2.45. The number of amides is 1. The van der Waals surface area contributed by atoms with E-state index in [0.717, 1.165) is 10.7 Å². The van der Waals surface area contributed by atoms with Crippen molar-refractivity contribution in [3.63, 3.8) is 0 Å². The van der Waals surface area contributed by atoms with Crippen molar-refractivity contribution in [2.75, 3.05) is 0 Å². The Hall–Kier alpha value is -0.940. The summed E-state index contributed by atoms with van der Waals surface area (Å²) in [6, 6.07) is -0.226. The molecule has 4 nitrogen and oxygen atoms in total. The van der Waals surface area contributed by atoms with Gasteiger partial charge in [0.15, 0.2) is 0 Å². The van der Waals surface area contributed by atoms with Crippen molar-refractivity contribution in [2.45, 2.75) is 51.7 Å². The van der Waals surface area contributed by atoms with E-state index in [1.165, 1.54) is 0 Å². The Balaban J connectivity index is 2.39. The Kier molecular flexibility index (Phi) is 2.99. The molecule has 2 unspecified atom stereocenters. The quantitative estimate of drug-likeness (QED) is 0.831. The zero-order valence-corrected chi connectivity index (χ0v) is 11.5. The number of hydrogen-bond donors (Lipinski definition) is 1. The lowest BCUT2D eigenvalue weighted by molar-refractivity contribution is -0.133. The molecule has 1 aromatic heterocycles. The van der Waals surface area contributed by atoms with Crippen molar-refractivity contribution < 1.29 is 4.79 Å². The van der Waals surface area contributed by atoms with Crippen LogP contribution in [0, 0.1) is 6.92 Å². The van der Waals surface area contributed by atoms with Gasteiger partial charge in [-0.1, -0.05) is 0 Å². The second kappa shape index (κ2) is 4.07. The molecule has 0 aromatic carbocycles. The minimum atomic E-state index is -0.215. The van der Waals surface area contributed by atoms with Crippen LogP contribution in [0.5, 0.6) is 0 Å². The summed E-state index contributed by atoms with van der Waals surface area (Å²) in [5.74, 6) is 0.126. The molecular formula is C12H19N3OS. The van der Waals surface area contributed by atoms with Gasteiger partial charge in [0.05, 0.1) is 16.7 Å². The van der Waals surface area contributed by atoms with Crippen molar-refractivity contribution in [3.05, 3.63) is 16.1 Å². The predicted octanol–water partition coefficient (Wildman–Crippen LogP) is 1.85. The molecule has 1 aliphatic heterocycles. The molecule has 1 saturated heterocycles. The van der Waals surface area contributed by atoms with Gasteiger partial charge in [0.1, 0.15) is 0 Å². The first-order valence-electron chi connectivity index (χ1n) is 5.80. The van der Waals surface area contributed by atoms with Gasteiger partial charge in [-0.25, -0.2) is 4.98 Å². The van der Waals surface area contributed by atoms with E-state index >= 15 is 0 Å².